The Morgan fingerprint density at radius 3 is 2.79 bits per heavy atom. The van der Waals surface area contributed by atoms with Gasteiger partial charge in [-0.1, -0.05) is 20.3 Å². The van der Waals surface area contributed by atoms with E-state index in [1.165, 1.54) is 11.3 Å². The summed E-state index contributed by atoms with van der Waals surface area (Å²) in [6, 6.07) is -0.892. The number of aliphatic carboxylic acids is 1. The van der Waals surface area contributed by atoms with Crippen molar-refractivity contribution >= 4 is 23.2 Å². The molecule has 1 rings (SSSR count). The first kappa shape index (κ1) is 15.6. The summed E-state index contributed by atoms with van der Waals surface area (Å²) in [5, 5.41) is 14.0. The molecular formula is C12H19N3O3S. The van der Waals surface area contributed by atoms with Gasteiger partial charge in [0.25, 0.3) is 5.91 Å². The van der Waals surface area contributed by atoms with Gasteiger partial charge in [0.15, 0.2) is 0 Å². The van der Waals surface area contributed by atoms with Gasteiger partial charge in [-0.15, -0.1) is 11.3 Å². The molecule has 0 aliphatic heterocycles. The van der Waals surface area contributed by atoms with Crippen LogP contribution in [0.25, 0.3) is 0 Å². The lowest BCUT2D eigenvalue weighted by Gasteiger charge is -2.19. The third kappa shape index (κ3) is 4.29. The fourth-order valence-electron chi connectivity index (χ4n) is 1.55. The summed E-state index contributed by atoms with van der Waals surface area (Å²) in [6.45, 7) is 4.15. The number of rotatable bonds is 7. The topological polar surface area (TPSA) is 105 Å². The van der Waals surface area contributed by atoms with Crippen molar-refractivity contribution < 1.29 is 14.7 Å². The first-order valence-corrected chi connectivity index (χ1v) is 7.05. The number of carboxylic acids is 1. The monoisotopic (exact) mass is 285 g/mol. The van der Waals surface area contributed by atoms with Gasteiger partial charge in [-0.05, 0) is 12.5 Å². The van der Waals surface area contributed by atoms with Gasteiger partial charge in [0.1, 0.15) is 11.7 Å². The van der Waals surface area contributed by atoms with E-state index in [2.05, 4.69) is 10.3 Å². The van der Waals surface area contributed by atoms with Crippen LogP contribution in [0, 0.1) is 5.92 Å². The van der Waals surface area contributed by atoms with Crippen LogP contribution in [0.2, 0.25) is 0 Å². The second-order valence-corrected chi connectivity index (χ2v) is 5.28. The summed E-state index contributed by atoms with van der Waals surface area (Å²) in [4.78, 5) is 27.2. The van der Waals surface area contributed by atoms with E-state index in [1.54, 1.807) is 12.3 Å². The molecule has 1 heterocycles. The Morgan fingerprint density at radius 1 is 1.58 bits per heavy atom. The molecule has 0 radical (unpaired) electrons. The van der Waals surface area contributed by atoms with E-state index in [0.29, 0.717) is 19.4 Å². The second-order valence-electron chi connectivity index (χ2n) is 4.34. The smallest absolute Gasteiger partial charge is 0.326 e. The van der Waals surface area contributed by atoms with Gasteiger partial charge < -0.3 is 16.2 Å². The lowest BCUT2D eigenvalue weighted by molar-refractivity contribution is -0.140. The van der Waals surface area contributed by atoms with E-state index in [9.17, 15) is 9.59 Å². The lowest BCUT2D eigenvalue weighted by Crippen LogP contribution is -2.45. The van der Waals surface area contributed by atoms with Gasteiger partial charge in [-0.3, -0.25) is 4.79 Å². The van der Waals surface area contributed by atoms with Crippen LogP contribution >= 0.6 is 11.3 Å². The molecule has 0 spiro atoms. The minimum atomic E-state index is -1.03. The standard InChI is InChI=1S/C12H19N3O3S/c1-3-7(2)10(12(17)18)15-11(16)8-6-19-9(14-8)4-5-13/h6-7,10H,3-5,13H2,1-2H3,(H,15,16)(H,17,18)/t7-,10-/m0/s1. The van der Waals surface area contributed by atoms with Gasteiger partial charge in [-0.2, -0.15) is 0 Å². The number of hydrogen-bond donors (Lipinski definition) is 3. The third-order valence-electron chi connectivity index (χ3n) is 2.91. The molecular weight excluding hydrogens is 266 g/mol. The van der Waals surface area contributed by atoms with Gasteiger partial charge in [0.2, 0.25) is 0 Å². The lowest BCUT2D eigenvalue weighted by atomic mass is 9.99. The Balaban J connectivity index is 2.73. The molecule has 0 aromatic carbocycles. The highest BCUT2D eigenvalue weighted by molar-refractivity contribution is 7.09. The molecule has 2 atom stereocenters. The molecule has 0 bridgehead atoms. The number of nitrogens with one attached hydrogen (secondary N) is 1. The molecule has 0 aliphatic rings. The molecule has 1 aromatic rings. The van der Waals surface area contributed by atoms with Crippen molar-refractivity contribution in [3.63, 3.8) is 0 Å². The van der Waals surface area contributed by atoms with Crippen LogP contribution in [0.1, 0.15) is 35.8 Å². The number of thiazole rings is 1. The number of amides is 1. The number of nitrogens with two attached hydrogens (primary N) is 1. The van der Waals surface area contributed by atoms with Gasteiger partial charge in [0, 0.05) is 11.8 Å². The Morgan fingerprint density at radius 2 is 2.26 bits per heavy atom. The zero-order valence-electron chi connectivity index (χ0n) is 11.0. The van der Waals surface area contributed by atoms with Crippen LogP contribution in [-0.4, -0.2) is 34.6 Å². The molecule has 4 N–H and O–H groups in total. The molecule has 0 unspecified atom stereocenters. The average molecular weight is 285 g/mol. The molecule has 0 saturated carbocycles. The largest absolute Gasteiger partial charge is 0.480 e. The minimum absolute atomic E-state index is 0.136. The molecule has 6 nitrogen and oxygen atoms in total. The number of hydrogen-bond acceptors (Lipinski definition) is 5. The SMILES string of the molecule is CC[C@H](C)[C@H](NC(=O)c1csc(CCN)n1)C(=O)O. The number of carbonyl (C=O) groups excluding carboxylic acids is 1. The van der Waals surface area contributed by atoms with E-state index in [4.69, 9.17) is 10.8 Å². The average Bonchev–Trinajstić information content (AvgIpc) is 2.83. The van der Waals surface area contributed by atoms with Gasteiger partial charge >= 0.3 is 5.97 Å². The fourth-order valence-corrected chi connectivity index (χ4v) is 2.35. The highest BCUT2D eigenvalue weighted by Crippen LogP contribution is 2.12. The number of aromatic nitrogens is 1. The Kier molecular flexibility index (Phi) is 5.91. The summed E-state index contributed by atoms with van der Waals surface area (Å²) >= 11 is 1.35. The van der Waals surface area contributed by atoms with E-state index in [1.807, 2.05) is 6.92 Å². The molecule has 1 amide bonds. The zero-order chi connectivity index (χ0) is 14.4. The summed E-state index contributed by atoms with van der Waals surface area (Å²) < 4.78 is 0. The minimum Gasteiger partial charge on any atom is -0.480 e. The first-order valence-electron chi connectivity index (χ1n) is 6.17. The molecule has 0 fully saturated rings. The van der Waals surface area contributed by atoms with Crippen LogP contribution in [0.5, 0.6) is 0 Å². The Labute approximate surface area is 116 Å². The molecule has 106 valence electrons. The maximum atomic E-state index is 11.9. The van der Waals surface area contributed by atoms with E-state index >= 15 is 0 Å². The van der Waals surface area contributed by atoms with Crippen molar-refractivity contribution in [2.75, 3.05) is 6.54 Å². The summed E-state index contributed by atoms with van der Waals surface area (Å²) in [5.74, 6) is -1.61. The molecule has 19 heavy (non-hydrogen) atoms. The van der Waals surface area contributed by atoms with Crippen LogP contribution in [0.3, 0.4) is 0 Å². The third-order valence-corrected chi connectivity index (χ3v) is 3.82. The van der Waals surface area contributed by atoms with Gasteiger partial charge in [0.05, 0.1) is 5.01 Å². The van der Waals surface area contributed by atoms with Crippen LogP contribution in [0.15, 0.2) is 5.38 Å². The second kappa shape index (κ2) is 7.20. The highest BCUT2D eigenvalue weighted by Gasteiger charge is 2.26. The summed E-state index contributed by atoms with van der Waals surface area (Å²) in [6.07, 6.45) is 1.29. The number of carboxylic acid groups (broad SMARTS) is 1. The van der Waals surface area contributed by atoms with Gasteiger partial charge in [-0.25, -0.2) is 9.78 Å². The molecule has 7 heteroatoms. The zero-order valence-corrected chi connectivity index (χ0v) is 11.9. The van der Waals surface area contributed by atoms with Crippen molar-refractivity contribution in [1.82, 2.24) is 10.3 Å². The maximum Gasteiger partial charge on any atom is 0.326 e. The van der Waals surface area contributed by atoms with E-state index < -0.39 is 17.9 Å². The quantitative estimate of drug-likeness (QED) is 0.689. The number of nitrogens with zero attached hydrogens (tertiary/aromatic N) is 1. The Bertz CT molecular complexity index is 447. The molecule has 1 aromatic heterocycles. The van der Waals surface area contributed by atoms with Crippen LogP contribution < -0.4 is 11.1 Å². The predicted octanol–water partition coefficient (Wildman–Crippen LogP) is 0.873. The van der Waals surface area contributed by atoms with Crippen molar-refractivity contribution in [1.29, 1.82) is 0 Å². The molecule has 0 saturated heterocycles. The van der Waals surface area contributed by atoms with Crippen molar-refractivity contribution in [3.05, 3.63) is 16.1 Å². The van der Waals surface area contributed by atoms with E-state index in [0.717, 1.165) is 5.01 Å². The first-order chi connectivity index (χ1) is 8.99. The van der Waals surface area contributed by atoms with Crippen molar-refractivity contribution in [3.8, 4) is 0 Å². The van der Waals surface area contributed by atoms with Crippen LogP contribution in [0.4, 0.5) is 0 Å². The van der Waals surface area contributed by atoms with Crippen molar-refractivity contribution in [2.24, 2.45) is 11.7 Å². The maximum absolute atomic E-state index is 11.9. The molecule has 0 aliphatic carbocycles. The van der Waals surface area contributed by atoms with E-state index in [-0.39, 0.29) is 11.6 Å². The predicted molar refractivity (Wildman–Crippen MR) is 73.2 cm³/mol. The van der Waals surface area contributed by atoms with Crippen molar-refractivity contribution in [2.45, 2.75) is 32.7 Å². The Hall–Kier alpha value is -1.47. The summed E-state index contributed by atoms with van der Waals surface area (Å²) in [7, 11) is 0. The fraction of sp³-hybridized carbons (Fsp3) is 0.583. The summed E-state index contributed by atoms with van der Waals surface area (Å²) in [5.41, 5.74) is 5.67. The van der Waals surface area contributed by atoms with Crippen LogP contribution in [-0.2, 0) is 11.2 Å². The number of carbonyl (C=O) groups is 2. The normalized spacial score (nSPS) is 13.8. The highest BCUT2D eigenvalue weighted by atomic mass is 32.1.